The standard InChI is InChI=1S/C26H37N5O4/c1-17(2)20-14-21(22(32)15-23(20)35-5)25(28)31(24(27)16-34-4)19-8-6-18(7-9-19)26(33)30-12-10-29(3)11-13-30/h6,8,14-15,17,27-28,32H,7,9-13,16H2,1-5H3. The van der Waals surface area contributed by atoms with Gasteiger partial charge in [0.25, 0.3) is 0 Å². The third kappa shape index (κ3) is 5.91. The summed E-state index contributed by atoms with van der Waals surface area (Å²) < 4.78 is 10.6. The first-order valence-corrected chi connectivity index (χ1v) is 11.9. The quantitative estimate of drug-likeness (QED) is 0.406. The Morgan fingerprint density at radius 2 is 1.80 bits per heavy atom. The maximum Gasteiger partial charge on any atom is 0.249 e. The SMILES string of the molecule is COCC(=N)N(C(=N)c1cc(C(C)C)c(OC)cc1O)C1=CC=C(C(=O)N2CCN(C)CC2)CC1. The van der Waals surface area contributed by atoms with Crippen molar-refractivity contribution in [3.63, 3.8) is 0 Å². The van der Waals surface area contributed by atoms with Gasteiger partial charge in [-0.1, -0.05) is 19.9 Å². The van der Waals surface area contributed by atoms with Crippen LogP contribution in [0.25, 0.3) is 0 Å². The zero-order valence-electron chi connectivity index (χ0n) is 21.4. The van der Waals surface area contributed by atoms with Gasteiger partial charge in [0.1, 0.15) is 29.8 Å². The molecule has 0 aromatic heterocycles. The van der Waals surface area contributed by atoms with Crippen molar-refractivity contribution in [1.29, 1.82) is 10.8 Å². The van der Waals surface area contributed by atoms with Gasteiger partial charge in [-0.15, -0.1) is 0 Å². The molecule has 0 spiro atoms. The highest BCUT2D eigenvalue weighted by Crippen LogP contribution is 2.35. The van der Waals surface area contributed by atoms with Crippen LogP contribution in [0.2, 0.25) is 0 Å². The van der Waals surface area contributed by atoms with E-state index in [1.807, 2.05) is 18.7 Å². The summed E-state index contributed by atoms with van der Waals surface area (Å²) in [6.45, 7) is 7.19. The second-order valence-electron chi connectivity index (χ2n) is 9.28. The molecule has 1 fully saturated rings. The molecule has 0 atom stereocenters. The Morgan fingerprint density at radius 3 is 2.34 bits per heavy atom. The summed E-state index contributed by atoms with van der Waals surface area (Å²) in [7, 11) is 5.10. The fourth-order valence-corrected chi connectivity index (χ4v) is 4.38. The van der Waals surface area contributed by atoms with E-state index in [1.54, 1.807) is 25.3 Å². The van der Waals surface area contributed by atoms with E-state index in [2.05, 4.69) is 11.9 Å². The molecular formula is C26H37N5O4. The van der Waals surface area contributed by atoms with Gasteiger partial charge in [0.15, 0.2) is 0 Å². The van der Waals surface area contributed by atoms with Gasteiger partial charge in [-0.05, 0) is 43.5 Å². The van der Waals surface area contributed by atoms with Gasteiger partial charge in [-0.25, -0.2) is 0 Å². The molecule has 1 amide bonds. The largest absolute Gasteiger partial charge is 0.507 e. The number of methoxy groups -OCH3 is 2. The van der Waals surface area contributed by atoms with Gasteiger partial charge in [-0.3, -0.25) is 20.5 Å². The Labute approximate surface area is 207 Å². The second-order valence-corrected chi connectivity index (χ2v) is 9.28. The number of rotatable bonds is 7. The Morgan fingerprint density at radius 1 is 1.11 bits per heavy atom. The van der Waals surface area contributed by atoms with E-state index in [-0.39, 0.29) is 35.9 Å². The molecule has 3 N–H and O–H groups in total. The summed E-state index contributed by atoms with van der Waals surface area (Å²) in [4.78, 5) is 18.6. The van der Waals surface area contributed by atoms with E-state index >= 15 is 0 Å². The number of piperazine rings is 1. The number of ether oxygens (including phenoxy) is 2. The lowest BCUT2D eigenvalue weighted by Crippen LogP contribution is -2.47. The van der Waals surface area contributed by atoms with Gasteiger partial charge in [0.05, 0.1) is 12.7 Å². The fourth-order valence-electron chi connectivity index (χ4n) is 4.38. The van der Waals surface area contributed by atoms with Crippen LogP contribution in [0.1, 0.15) is 43.7 Å². The third-order valence-corrected chi connectivity index (χ3v) is 6.48. The van der Waals surface area contributed by atoms with Crippen LogP contribution in [-0.4, -0.2) is 91.4 Å². The Hall–Kier alpha value is -3.17. The van der Waals surface area contributed by atoms with Crippen molar-refractivity contribution in [1.82, 2.24) is 14.7 Å². The Balaban J connectivity index is 1.92. The first-order valence-electron chi connectivity index (χ1n) is 11.9. The number of allylic oxidation sites excluding steroid dienone is 3. The monoisotopic (exact) mass is 483 g/mol. The Kier molecular flexibility index (Phi) is 8.69. The topological polar surface area (TPSA) is 113 Å². The van der Waals surface area contributed by atoms with Gasteiger partial charge < -0.3 is 24.4 Å². The molecule has 9 heteroatoms. The normalized spacial score (nSPS) is 16.6. The second kappa shape index (κ2) is 11.5. The van der Waals surface area contributed by atoms with Crippen LogP contribution in [0.5, 0.6) is 11.5 Å². The van der Waals surface area contributed by atoms with Gasteiger partial charge in [0.2, 0.25) is 5.91 Å². The number of hydrogen-bond donors (Lipinski definition) is 3. The predicted octanol–water partition coefficient (Wildman–Crippen LogP) is 3.15. The van der Waals surface area contributed by atoms with Crippen LogP contribution in [0.4, 0.5) is 0 Å². The number of phenols is 1. The van der Waals surface area contributed by atoms with Crippen molar-refractivity contribution in [3.05, 3.63) is 46.7 Å². The molecule has 0 radical (unpaired) electrons. The molecule has 1 aromatic carbocycles. The minimum atomic E-state index is -0.0932. The number of nitrogens with zero attached hydrogens (tertiary/aromatic N) is 3. The zero-order valence-corrected chi connectivity index (χ0v) is 21.4. The number of likely N-dealkylation sites (N-methyl/N-ethyl adjacent to an activating group) is 1. The van der Waals surface area contributed by atoms with Gasteiger partial charge in [0, 0.05) is 50.6 Å². The molecule has 190 valence electrons. The number of amides is 1. The Bertz CT molecular complexity index is 1040. The summed E-state index contributed by atoms with van der Waals surface area (Å²) in [6.07, 6.45) is 4.61. The van der Waals surface area contributed by atoms with Crippen molar-refractivity contribution < 1.29 is 19.4 Å². The number of carbonyl (C=O) groups excluding carboxylic acids is 1. The number of aromatic hydroxyl groups is 1. The highest BCUT2D eigenvalue weighted by molar-refractivity contribution is 6.10. The van der Waals surface area contributed by atoms with Crippen molar-refractivity contribution in [2.45, 2.75) is 32.6 Å². The summed E-state index contributed by atoms with van der Waals surface area (Å²) in [6, 6.07) is 3.26. The average molecular weight is 484 g/mol. The molecule has 1 aliphatic carbocycles. The average Bonchev–Trinajstić information content (AvgIpc) is 2.84. The van der Waals surface area contributed by atoms with Gasteiger partial charge in [-0.2, -0.15) is 0 Å². The third-order valence-electron chi connectivity index (χ3n) is 6.48. The lowest BCUT2D eigenvalue weighted by atomic mass is 9.96. The van der Waals surface area contributed by atoms with Crippen molar-refractivity contribution in [2.24, 2.45) is 0 Å². The molecule has 9 nitrogen and oxygen atoms in total. The van der Waals surface area contributed by atoms with E-state index in [4.69, 9.17) is 20.3 Å². The molecule has 0 saturated carbocycles. The van der Waals surface area contributed by atoms with Crippen LogP contribution in [-0.2, 0) is 9.53 Å². The zero-order chi connectivity index (χ0) is 25.7. The molecule has 1 heterocycles. The number of benzene rings is 1. The summed E-state index contributed by atoms with van der Waals surface area (Å²) >= 11 is 0. The van der Waals surface area contributed by atoms with E-state index in [1.165, 1.54) is 18.1 Å². The smallest absolute Gasteiger partial charge is 0.249 e. The summed E-state index contributed by atoms with van der Waals surface area (Å²) in [5.41, 5.74) is 2.60. The number of amidine groups is 2. The molecule has 0 unspecified atom stereocenters. The van der Waals surface area contributed by atoms with E-state index in [9.17, 15) is 9.90 Å². The van der Waals surface area contributed by atoms with Crippen LogP contribution < -0.4 is 4.74 Å². The highest BCUT2D eigenvalue weighted by atomic mass is 16.5. The molecule has 1 aliphatic heterocycles. The molecule has 0 bridgehead atoms. The number of nitrogens with one attached hydrogen (secondary N) is 2. The fraction of sp³-hybridized carbons (Fsp3) is 0.500. The maximum absolute atomic E-state index is 13.0. The van der Waals surface area contributed by atoms with Crippen molar-refractivity contribution in [2.75, 3.05) is 54.1 Å². The number of hydrogen-bond acceptors (Lipinski definition) is 7. The van der Waals surface area contributed by atoms with Crippen molar-refractivity contribution in [3.8, 4) is 11.5 Å². The molecule has 3 rings (SSSR count). The molecule has 1 saturated heterocycles. The maximum atomic E-state index is 13.0. The molecule has 35 heavy (non-hydrogen) atoms. The molecular weight excluding hydrogens is 446 g/mol. The van der Waals surface area contributed by atoms with E-state index in [0.29, 0.717) is 42.9 Å². The minimum absolute atomic E-state index is 0.00444. The van der Waals surface area contributed by atoms with Crippen LogP contribution >= 0.6 is 0 Å². The minimum Gasteiger partial charge on any atom is -0.507 e. The molecule has 2 aliphatic rings. The molecule has 1 aromatic rings. The van der Waals surface area contributed by atoms with E-state index < -0.39 is 0 Å². The van der Waals surface area contributed by atoms with E-state index in [0.717, 1.165) is 24.2 Å². The highest BCUT2D eigenvalue weighted by Gasteiger charge is 2.28. The number of phenolic OH excluding ortho intramolecular Hbond substituents is 1. The predicted molar refractivity (Wildman–Crippen MR) is 136 cm³/mol. The lowest BCUT2D eigenvalue weighted by Gasteiger charge is -2.34. The lowest BCUT2D eigenvalue weighted by molar-refractivity contribution is -0.128. The first kappa shape index (κ1) is 26.4. The van der Waals surface area contributed by atoms with Crippen molar-refractivity contribution >= 4 is 17.6 Å². The van der Waals surface area contributed by atoms with Crippen LogP contribution in [0.15, 0.2) is 35.6 Å². The number of carbonyl (C=O) groups is 1. The summed E-state index contributed by atoms with van der Waals surface area (Å²) in [5.74, 6) is 0.680. The van der Waals surface area contributed by atoms with Gasteiger partial charge >= 0.3 is 0 Å². The first-order chi connectivity index (χ1) is 16.7. The van der Waals surface area contributed by atoms with Crippen LogP contribution in [0, 0.1) is 10.8 Å². The van der Waals surface area contributed by atoms with Crippen LogP contribution in [0.3, 0.4) is 0 Å². The summed E-state index contributed by atoms with van der Waals surface area (Å²) in [5, 5.41) is 28.2.